The third kappa shape index (κ3) is 5.99. The fourth-order valence-corrected chi connectivity index (χ4v) is 2.09. The van der Waals surface area contributed by atoms with Gasteiger partial charge in [0.25, 0.3) is 5.66 Å². The van der Waals surface area contributed by atoms with E-state index in [-0.39, 0.29) is 18.6 Å². The Labute approximate surface area is 151 Å². The molecule has 0 saturated heterocycles. The van der Waals surface area contributed by atoms with Crippen molar-refractivity contribution in [3.05, 3.63) is 35.9 Å². The molecule has 0 radical (unpaired) electrons. The number of benzene rings is 1. The Morgan fingerprint density at radius 1 is 1.11 bits per heavy atom. The highest BCUT2D eigenvalue weighted by atomic mass is 19.4. The molecule has 0 saturated carbocycles. The van der Waals surface area contributed by atoms with Crippen molar-refractivity contribution in [1.82, 2.24) is 10.6 Å². The van der Waals surface area contributed by atoms with E-state index < -0.39 is 36.8 Å². The zero-order chi connectivity index (χ0) is 20.7. The molecule has 1 amide bonds. The Hall–Kier alpha value is -2.01. The van der Waals surface area contributed by atoms with Crippen LogP contribution in [-0.2, 0) is 4.74 Å². The summed E-state index contributed by atoms with van der Waals surface area (Å²) >= 11 is 0. The third-order valence-electron chi connectivity index (χ3n) is 3.62. The molecule has 1 aromatic carbocycles. The number of unbranched alkanes of at least 4 members (excludes halogenated alkanes) is 1. The second-order valence-corrected chi connectivity index (χ2v) is 5.67. The van der Waals surface area contributed by atoms with E-state index in [1.54, 1.807) is 13.0 Å². The largest absolute Gasteiger partial charge is 0.450 e. The molecule has 154 valence electrons. The first-order chi connectivity index (χ1) is 12.4. The minimum absolute atomic E-state index is 0.105. The predicted octanol–water partition coefficient (Wildman–Crippen LogP) is 3.66. The van der Waals surface area contributed by atoms with Crippen LogP contribution in [0.4, 0.5) is 31.1 Å². The molecule has 0 aliphatic carbocycles. The van der Waals surface area contributed by atoms with Crippen LogP contribution in [0.2, 0.25) is 0 Å². The lowest BCUT2D eigenvalue weighted by atomic mass is 10.1. The lowest BCUT2D eigenvalue weighted by molar-refractivity contribution is -0.315. The lowest BCUT2D eigenvalue weighted by Gasteiger charge is -2.38. The molecule has 0 aromatic heterocycles. The second-order valence-electron chi connectivity index (χ2n) is 5.67. The summed E-state index contributed by atoms with van der Waals surface area (Å²) in [5, 5.41) is 11.9. The number of alkyl carbamates (subject to hydrolysis) is 1. The Morgan fingerprint density at radius 3 is 2.15 bits per heavy atom. The molecule has 1 atom stereocenters. The van der Waals surface area contributed by atoms with Crippen molar-refractivity contribution in [2.75, 3.05) is 13.2 Å². The van der Waals surface area contributed by atoms with Crippen molar-refractivity contribution in [3.8, 4) is 0 Å². The zero-order valence-corrected chi connectivity index (χ0v) is 14.3. The van der Waals surface area contributed by atoms with Gasteiger partial charge in [-0.25, -0.2) is 4.79 Å². The molecule has 0 aliphatic heterocycles. The summed E-state index contributed by atoms with van der Waals surface area (Å²) in [5.41, 5.74) is -4.67. The number of halogens is 6. The van der Waals surface area contributed by atoms with Crippen molar-refractivity contribution in [3.63, 3.8) is 0 Å². The SMILES string of the molecule is CCCCOC(=O)NC(NC[C@H](O)c1ccccc1)(C(F)(F)F)C(F)(F)F. The van der Waals surface area contributed by atoms with Gasteiger partial charge in [0.15, 0.2) is 0 Å². The van der Waals surface area contributed by atoms with Gasteiger partial charge in [0.2, 0.25) is 0 Å². The molecule has 3 N–H and O–H groups in total. The van der Waals surface area contributed by atoms with Gasteiger partial charge in [-0.3, -0.25) is 10.6 Å². The molecule has 0 bridgehead atoms. The summed E-state index contributed by atoms with van der Waals surface area (Å²) in [6, 6.07) is 7.15. The van der Waals surface area contributed by atoms with Crippen LogP contribution >= 0.6 is 0 Å². The zero-order valence-electron chi connectivity index (χ0n) is 14.3. The van der Waals surface area contributed by atoms with Crippen LogP contribution in [-0.4, -0.2) is 42.4 Å². The number of alkyl halides is 6. The van der Waals surface area contributed by atoms with E-state index in [2.05, 4.69) is 4.74 Å². The van der Waals surface area contributed by atoms with E-state index in [4.69, 9.17) is 0 Å². The highest BCUT2D eigenvalue weighted by Crippen LogP contribution is 2.41. The Morgan fingerprint density at radius 2 is 1.67 bits per heavy atom. The highest BCUT2D eigenvalue weighted by molar-refractivity contribution is 5.68. The van der Waals surface area contributed by atoms with Crippen LogP contribution in [0.25, 0.3) is 0 Å². The van der Waals surface area contributed by atoms with Crippen molar-refractivity contribution in [1.29, 1.82) is 0 Å². The molecule has 0 spiro atoms. The average molecular weight is 402 g/mol. The molecule has 27 heavy (non-hydrogen) atoms. The van der Waals surface area contributed by atoms with Crippen molar-refractivity contribution in [2.45, 2.75) is 43.9 Å². The number of amides is 1. The quantitative estimate of drug-likeness (QED) is 0.353. The van der Waals surface area contributed by atoms with Gasteiger partial charge in [-0.1, -0.05) is 43.7 Å². The number of aliphatic hydroxyl groups is 1. The Balaban J connectivity index is 3.04. The maximum atomic E-state index is 13.3. The van der Waals surface area contributed by atoms with Crippen molar-refractivity contribution < 1.29 is 41.0 Å². The number of carbonyl (C=O) groups is 1. The van der Waals surface area contributed by atoms with Crippen LogP contribution in [0.1, 0.15) is 31.4 Å². The van der Waals surface area contributed by atoms with Crippen LogP contribution in [0.3, 0.4) is 0 Å². The van der Waals surface area contributed by atoms with E-state index in [0.717, 1.165) is 5.32 Å². The summed E-state index contributed by atoms with van der Waals surface area (Å²) in [6.45, 7) is 0.239. The number of aliphatic hydroxyl groups excluding tert-OH is 1. The summed E-state index contributed by atoms with van der Waals surface area (Å²) in [4.78, 5) is 11.5. The minimum Gasteiger partial charge on any atom is -0.450 e. The lowest BCUT2D eigenvalue weighted by Crippen LogP contribution is -2.75. The van der Waals surface area contributed by atoms with Gasteiger partial charge in [-0.15, -0.1) is 0 Å². The molecule has 0 unspecified atom stereocenters. The van der Waals surface area contributed by atoms with Gasteiger partial charge in [-0.2, -0.15) is 26.3 Å². The van der Waals surface area contributed by atoms with E-state index in [9.17, 15) is 36.2 Å². The summed E-state index contributed by atoms with van der Waals surface area (Å²) in [7, 11) is 0. The predicted molar refractivity (Wildman–Crippen MR) is 83.6 cm³/mol. The minimum atomic E-state index is -5.95. The second kappa shape index (κ2) is 9.27. The van der Waals surface area contributed by atoms with Crippen LogP contribution in [0.15, 0.2) is 30.3 Å². The van der Waals surface area contributed by atoms with E-state index in [0.29, 0.717) is 6.42 Å². The van der Waals surface area contributed by atoms with Crippen LogP contribution in [0, 0.1) is 0 Å². The standard InChI is InChI=1S/C16H20F6N2O3/c1-2-3-9-27-13(26)24-14(15(17,18)19,16(20,21)22)23-10-12(25)11-7-5-4-6-8-11/h4-8,12,23,25H,2-3,9-10H2,1H3,(H,24,26)/t12-/m0/s1. The van der Waals surface area contributed by atoms with Gasteiger partial charge in [0.1, 0.15) is 0 Å². The number of ether oxygens (including phenoxy) is 1. The summed E-state index contributed by atoms with van der Waals surface area (Å²) in [5.74, 6) is 0. The number of hydrogen-bond donors (Lipinski definition) is 3. The van der Waals surface area contributed by atoms with E-state index in [1.165, 1.54) is 29.6 Å². The smallest absolute Gasteiger partial charge is 0.434 e. The first-order valence-corrected chi connectivity index (χ1v) is 8.01. The van der Waals surface area contributed by atoms with Crippen LogP contribution < -0.4 is 10.6 Å². The topological polar surface area (TPSA) is 70.6 Å². The maximum absolute atomic E-state index is 13.3. The van der Waals surface area contributed by atoms with Crippen molar-refractivity contribution in [2.24, 2.45) is 0 Å². The van der Waals surface area contributed by atoms with E-state index >= 15 is 0 Å². The number of carbonyl (C=O) groups excluding carboxylic acids is 1. The molecule has 11 heteroatoms. The maximum Gasteiger partial charge on any atom is 0.434 e. The Kier molecular flexibility index (Phi) is 7.90. The molecule has 5 nitrogen and oxygen atoms in total. The molecular weight excluding hydrogens is 382 g/mol. The molecule has 1 rings (SSSR count). The van der Waals surface area contributed by atoms with E-state index in [1.807, 2.05) is 0 Å². The molecule has 0 aliphatic rings. The van der Waals surface area contributed by atoms with Crippen molar-refractivity contribution >= 4 is 6.09 Å². The van der Waals surface area contributed by atoms with Gasteiger partial charge < -0.3 is 9.84 Å². The highest BCUT2D eigenvalue weighted by Gasteiger charge is 2.72. The van der Waals surface area contributed by atoms with Gasteiger partial charge in [0.05, 0.1) is 12.7 Å². The molecule has 0 fully saturated rings. The number of nitrogens with one attached hydrogen (secondary N) is 2. The normalized spacial score (nSPS) is 13.9. The summed E-state index contributed by atoms with van der Waals surface area (Å²) in [6.07, 6.45) is -14.7. The fourth-order valence-electron chi connectivity index (χ4n) is 2.09. The molecule has 0 heterocycles. The number of rotatable bonds is 8. The fraction of sp³-hybridized carbons (Fsp3) is 0.562. The van der Waals surface area contributed by atoms with Gasteiger partial charge in [-0.05, 0) is 12.0 Å². The monoisotopic (exact) mass is 402 g/mol. The molecular formula is C16H20F6N2O3. The number of hydrogen-bond acceptors (Lipinski definition) is 4. The van der Waals surface area contributed by atoms with Gasteiger partial charge in [0, 0.05) is 6.54 Å². The first-order valence-electron chi connectivity index (χ1n) is 8.01. The third-order valence-corrected chi connectivity index (χ3v) is 3.62. The Bertz CT molecular complexity index is 578. The average Bonchev–Trinajstić information content (AvgIpc) is 2.57. The summed E-state index contributed by atoms with van der Waals surface area (Å²) < 4.78 is 84.4. The van der Waals surface area contributed by atoms with Crippen LogP contribution in [0.5, 0.6) is 0 Å². The van der Waals surface area contributed by atoms with Gasteiger partial charge >= 0.3 is 18.4 Å². The molecule has 1 aromatic rings. The first kappa shape index (κ1) is 23.0.